The first-order valence-electron chi connectivity index (χ1n) is 10.7. The summed E-state index contributed by atoms with van der Waals surface area (Å²) in [5.41, 5.74) is 1.87. The van der Waals surface area contributed by atoms with Crippen LogP contribution in [0.1, 0.15) is 21.5 Å². The molecular formula is C28H19NO4S. The Morgan fingerprint density at radius 3 is 2.38 bits per heavy atom. The smallest absolute Gasteiger partial charge is 0.344 e. The van der Waals surface area contributed by atoms with Crippen LogP contribution in [-0.4, -0.2) is 22.0 Å². The minimum absolute atomic E-state index is 0.209. The van der Waals surface area contributed by atoms with E-state index in [0.29, 0.717) is 16.9 Å². The van der Waals surface area contributed by atoms with Gasteiger partial charge in [-0.15, -0.1) is 0 Å². The fourth-order valence-electron chi connectivity index (χ4n) is 3.79. The second-order valence-corrected chi connectivity index (χ2v) is 8.70. The van der Waals surface area contributed by atoms with Gasteiger partial charge in [-0.2, -0.15) is 0 Å². The van der Waals surface area contributed by atoms with Crippen LogP contribution in [0.25, 0.3) is 16.8 Å². The van der Waals surface area contributed by atoms with Crippen molar-refractivity contribution in [2.45, 2.75) is 6.54 Å². The van der Waals surface area contributed by atoms with Crippen LogP contribution in [0.15, 0.2) is 102 Å². The van der Waals surface area contributed by atoms with Crippen molar-refractivity contribution in [3.63, 3.8) is 0 Å². The molecule has 0 spiro atoms. The van der Waals surface area contributed by atoms with Gasteiger partial charge in [-0.25, -0.2) is 4.79 Å². The van der Waals surface area contributed by atoms with Crippen molar-refractivity contribution >= 4 is 45.7 Å². The Labute approximate surface area is 200 Å². The molecule has 4 aromatic carbocycles. The van der Waals surface area contributed by atoms with E-state index in [1.165, 1.54) is 4.90 Å². The molecule has 0 radical (unpaired) electrons. The second kappa shape index (κ2) is 9.37. The standard InChI is InChI=1S/C28H19NO4S/c30-26-25(34-28(32)29(26)18-19-9-2-1-3-10-19)17-21-12-5-7-16-24(21)33-27(31)23-15-8-13-20-11-4-6-14-22(20)23/h1-17H,18H2/b25-17-. The van der Waals surface area contributed by atoms with Crippen molar-refractivity contribution < 1.29 is 19.1 Å². The lowest BCUT2D eigenvalue weighted by atomic mass is 10.0. The summed E-state index contributed by atoms with van der Waals surface area (Å²) < 4.78 is 5.73. The predicted octanol–water partition coefficient (Wildman–Crippen LogP) is 6.30. The van der Waals surface area contributed by atoms with Crippen LogP contribution in [0.5, 0.6) is 5.75 Å². The molecule has 0 aromatic heterocycles. The highest BCUT2D eigenvalue weighted by Crippen LogP contribution is 2.35. The van der Waals surface area contributed by atoms with Crippen LogP contribution < -0.4 is 4.74 Å². The third-order valence-electron chi connectivity index (χ3n) is 5.47. The summed E-state index contributed by atoms with van der Waals surface area (Å²) in [7, 11) is 0. The molecule has 0 bridgehead atoms. The molecule has 34 heavy (non-hydrogen) atoms. The fourth-order valence-corrected chi connectivity index (χ4v) is 4.62. The Hall–Kier alpha value is -4.16. The first-order valence-corrected chi connectivity index (χ1v) is 11.5. The number of ether oxygens (including phenoxy) is 1. The number of benzene rings is 4. The lowest BCUT2D eigenvalue weighted by Gasteiger charge is -2.12. The van der Waals surface area contributed by atoms with E-state index in [9.17, 15) is 14.4 Å². The Bertz CT molecular complexity index is 1440. The van der Waals surface area contributed by atoms with Gasteiger partial charge in [0.15, 0.2) is 0 Å². The molecule has 6 heteroatoms. The lowest BCUT2D eigenvalue weighted by molar-refractivity contribution is -0.123. The maximum absolute atomic E-state index is 13.0. The van der Waals surface area contributed by atoms with Gasteiger partial charge in [-0.1, -0.05) is 84.9 Å². The molecule has 1 heterocycles. The number of rotatable bonds is 5. The predicted molar refractivity (Wildman–Crippen MR) is 133 cm³/mol. The molecule has 0 saturated carbocycles. The molecule has 5 rings (SSSR count). The maximum Gasteiger partial charge on any atom is 0.344 e. The van der Waals surface area contributed by atoms with Crippen molar-refractivity contribution in [3.8, 4) is 5.75 Å². The minimum atomic E-state index is -0.491. The zero-order chi connectivity index (χ0) is 23.5. The zero-order valence-corrected chi connectivity index (χ0v) is 18.8. The zero-order valence-electron chi connectivity index (χ0n) is 18.0. The Kier molecular flexibility index (Phi) is 5.97. The molecule has 4 aromatic rings. The van der Waals surface area contributed by atoms with Crippen molar-refractivity contribution in [3.05, 3.63) is 119 Å². The summed E-state index contributed by atoms with van der Waals surface area (Å²) in [6.45, 7) is 0.209. The van der Waals surface area contributed by atoms with Gasteiger partial charge in [0.1, 0.15) is 5.75 Å². The van der Waals surface area contributed by atoms with Gasteiger partial charge in [0.25, 0.3) is 11.1 Å². The second-order valence-electron chi connectivity index (χ2n) is 7.71. The molecule has 0 N–H and O–H groups in total. The van der Waals surface area contributed by atoms with Crippen LogP contribution >= 0.6 is 11.8 Å². The van der Waals surface area contributed by atoms with Crippen LogP contribution in [0.2, 0.25) is 0 Å². The number of carbonyl (C=O) groups excluding carboxylic acids is 3. The minimum Gasteiger partial charge on any atom is -0.422 e. The van der Waals surface area contributed by atoms with Gasteiger partial charge in [-0.05, 0) is 46.3 Å². The molecule has 0 aliphatic carbocycles. The summed E-state index contributed by atoms with van der Waals surface area (Å²) in [5, 5.41) is 1.41. The Morgan fingerprint density at radius 2 is 1.53 bits per heavy atom. The number of para-hydroxylation sites is 1. The summed E-state index contributed by atoms with van der Waals surface area (Å²) in [5.74, 6) is -0.542. The van der Waals surface area contributed by atoms with Crippen molar-refractivity contribution in [1.82, 2.24) is 4.90 Å². The average Bonchev–Trinajstić information content (AvgIpc) is 3.12. The number of nitrogens with zero attached hydrogens (tertiary/aromatic N) is 1. The van der Waals surface area contributed by atoms with Crippen LogP contribution in [0.3, 0.4) is 0 Å². The molecule has 166 valence electrons. The lowest BCUT2D eigenvalue weighted by Crippen LogP contribution is -2.27. The highest BCUT2D eigenvalue weighted by molar-refractivity contribution is 8.18. The molecule has 0 atom stereocenters. The number of thioether (sulfide) groups is 1. The topological polar surface area (TPSA) is 63.7 Å². The number of hydrogen-bond donors (Lipinski definition) is 0. The quantitative estimate of drug-likeness (QED) is 0.197. The fraction of sp³-hybridized carbons (Fsp3) is 0.0357. The third-order valence-corrected chi connectivity index (χ3v) is 6.38. The number of amides is 2. The van der Waals surface area contributed by atoms with E-state index in [-0.39, 0.29) is 22.6 Å². The SMILES string of the molecule is O=C(Oc1ccccc1/C=C1\SC(=O)N(Cc2ccccc2)C1=O)c1cccc2ccccc12. The average molecular weight is 466 g/mol. The first kappa shape index (κ1) is 21.7. The van der Waals surface area contributed by atoms with Crippen LogP contribution in [0, 0.1) is 0 Å². The van der Waals surface area contributed by atoms with E-state index in [0.717, 1.165) is 28.1 Å². The summed E-state index contributed by atoms with van der Waals surface area (Å²) in [4.78, 5) is 40.0. The van der Waals surface area contributed by atoms with Crippen LogP contribution in [0.4, 0.5) is 4.79 Å². The number of fused-ring (bicyclic) bond motifs is 1. The summed E-state index contributed by atoms with van der Waals surface area (Å²) in [6.07, 6.45) is 1.60. The number of hydrogen-bond acceptors (Lipinski definition) is 5. The molecule has 1 fully saturated rings. The number of carbonyl (C=O) groups is 3. The first-order chi connectivity index (χ1) is 16.6. The summed E-state index contributed by atoms with van der Waals surface area (Å²) >= 11 is 0.880. The number of esters is 1. The van der Waals surface area contributed by atoms with Gasteiger partial charge in [0.05, 0.1) is 17.0 Å². The van der Waals surface area contributed by atoms with Crippen LogP contribution in [-0.2, 0) is 11.3 Å². The largest absolute Gasteiger partial charge is 0.422 e. The van der Waals surface area contributed by atoms with Gasteiger partial charge in [0, 0.05) is 5.56 Å². The van der Waals surface area contributed by atoms with E-state index >= 15 is 0 Å². The molecule has 1 aliphatic rings. The Balaban J connectivity index is 1.40. The highest BCUT2D eigenvalue weighted by Gasteiger charge is 2.35. The van der Waals surface area contributed by atoms with Gasteiger partial charge in [-0.3, -0.25) is 14.5 Å². The van der Waals surface area contributed by atoms with E-state index in [2.05, 4.69) is 0 Å². The van der Waals surface area contributed by atoms with Crippen molar-refractivity contribution in [2.75, 3.05) is 0 Å². The molecule has 1 saturated heterocycles. The normalized spacial score (nSPS) is 14.7. The van der Waals surface area contributed by atoms with E-state index in [1.54, 1.807) is 36.4 Å². The van der Waals surface area contributed by atoms with Crippen molar-refractivity contribution in [2.24, 2.45) is 0 Å². The van der Waals surface area contributed by atoms with E-state index < -0.39 is 5.97 Å². The van der Waals surface area contributed by atoms with Gasteiger partial charge < -0.3 is 4.74 Å². The van der Waals surface area contributed by atoms with Crippen molar-refractivity contribution in [1.29, 1.82) is 0 Å². The monoisotopic (exact) mass is 465 g/mol. The highest BCUT2D eigenvalue weighted by atomic mass is 32.2. The molecule has 5 nitrogen and oxygen atoms in total. The van der Waals surface area contributed by atoms with E-state index in [4.69, 9.17) is 4.74 Å². The van der Waals surface area contributed by atoms with Gasteiger partial charge in [0.2, 0.25) is 0 Å². The summed E-state index contributed by atoms with van der Waals surface area (Å²) in [6, 6.07) is 29.4. The number of imide groups is 1. The maximum atomic E-state index is 13.0. The van der Waals surface area contributed by atoms with E-state index in [1.807, 2.05) is 66.7 Å². The molecule has 2 amide bonds. The molecule has 1 aliphatic heterocycles. The molecular weight excluding hydrogens is 446 g/mol. The molecule has 0 unspecified atom stereocenters. The Morgan fingerprint density at radius 1 is 0.824 bits per heavy atom. The third kappa shape index (κ3) is 4.36. The van der Waals surface area contributed by atoms with Gasteiger partial charge >= 0.3 is 5.97 Å².